The van der Waals surface area contributed by atoms with Gasteiger partial charge in [-0.05, 0) is 50.4 Å². The Morgan fingerprint density at radius 1 is 0.920 bits per heavy atom. The highest BCUT2D eigenvalue weighted by Crippen LogP contribution is 2.42. The molecule has 0 aromatic carbocycles. The Morgan fingerprint density at radius 2 is 1.56 bits per heavy atom. The molecular weight excluding hydrogens is 316 g/mol. The summed E-state index contributed by atoms with van der Waals surface area (Å²) in [6.45, 7) is 0. The molecule has 0 aromatic heterocycles. The summed E-state index contributed by atoms with van der Waals surface area (Å²) in [4.78, 5) is 25.2. The minimum absolute atomic E-state index is 0.0684. The lowest BCUT2D eigenvalue weighted by Crippen LogP contribution is -2.51. The van der Waals surface area contributed by atoms with E-state index in [1.807, 2.05) is 0 Å². The third-order valence-electron chi connectivity index (χ3n) is 6.88. The van der Waals surface area contributed by atoms with E-state index in [9.17, 15) is 9.59 Å². The number of hydrogen-bond acceptors (Lipinski definition) is 4. The Kier molecular flexibility index (Phi) is 6.37. The summed E-state index contributed by atoms with van der Waals surface area (Å²) in [5.41, 5.74) is 6.36. The number of hydrogen-bond donors (Lipinski definition) is 2. The zero-order valence-corrected chi connectivity index (χ0v) is 15.5. The molecule has 5 heteroatoms. The molecule has 0 radical (unpaired) electrons. The average Bonchev–Trinajstić information content (AvgIpc) is 2.56. The van der Waals surface area contributed by atoms with Crippen molar-refractivity contribution in [3.8, 4) is 0 Å². The summed E-state index contributed by atoms with van der Waals surface area (Å²) in [6.07, 6.45) is 11.6. The highest BCUT2D eigenvalue weighted by atomic mass is 16.5. The molecule has 4 atom stereocenters. The van der Waals surface area contributed by atoms with Gasteiger partial charge in [-0.2, -0.15) is 0 Å². The third kappa shape index (κ3) is 4.36. The van der Waals surface area contributed by atoms with E-state index >= 15 is 0 Å². The maximum Gasteiger partial charge on any atom is 0.310 e. The summed E-state index contributed by atoms with van der Waals surface area (Å²) in [5, 5.41) is 3.25. The number of methoxy groups -OCH3 is 1. The van der Waals surface area contributed by atoms with Crippen LogP contribution in [0.15, 0.2) is 0 Å². The topological polar surface area (TPSA) is 81.4 Å². The molecule has 0 aromatic rings. The van der Waals surface area contributed by atoms with E-state index in [4.69, 9.17) is 10.5 Å². The summed E-state index contributed by atoms with van der Waals surface area (Å²) < 4.78 is 5.01. The van der Waals surface area contributed by atoms with Crippen LogP contribution in [0.5, 0.6) is 0 Å². The van der Waals surface area contributed by atoms with E-state index in [0.29, 0.717) is 11.8 Å². The molecule has 0 saturated heterocycles. The summed E-state index contributed by atoms with van der Waals surface area (Å²) in [7, 11) is 1.45. The fourth-order valence-electron chi connectivity index (χ4n) is 5.39. The second-order valence-electron chi connectivity index (χ2n) is 8.43. The third-order valence-corrected chi connectivity index (χ3v) is 6.88. The number of fused-ring (bicyclic) bond motifs is 2. The maximum atomic E-state index is 13.0. The number of ether oxygens (including phenoxy) is 1. The molecule has 0 heterocycles. The standard InChI is InChI=1S/C20H34N2O3/c1-25-20(24)16-9-4-2-3-5-10-17(16)22-19(23)15-11-13-7-6-8-14(12-15)18(13)21/h13-18H,2-12,21H2,1H3,(H,22,23). The molecular formula is C20H34N2O3. The summed E-state index contributed by atoms with van der Waals surface area (Å²) in [5.74, 6) is 0.838. The van der Waals surface area contributed by atoms with Crippen molar-refractivity contribution in [1.29, 1.82) is 0 Å². The van der Waals surface area contributed by atoms with Gasteiger partial charge in [0.1, 0.15) is 0 Å². The number of carbonyl (C=O) groups excluding carboxylic acids is 2. The number of esters is 1. The number of carbonyl (C=O) groups is 2. The first-order chi connectivity index (χ1) is 12.1. The average molecular weight is 351 g/mol. The van der Waals surface area contributed by atoms with Crippen LogP contribution in [-0.2, 0) is 14.3 Å². The summed E-state index contributed by atoms with van der Waals surface area (Å²) >= 11 is 0. The Labute approximate surface area is 151 Å². The van der Waals surface area contributed by atoms with E-state index in [-0.39, 0.29) is 35.8 Å². The maximum absolute atomic E-state index is 13.0. The Balaban J connectivity index is 1.64. The molecule has 3 aliphatic carbocycles. The van der Waals surface area contributed by atoms with Crippen molar-refractivity contribution in [2.24, 2.45) is 29.4 Å². The lowest BCUT2D eigenvalue weighted by Gasteiger charge is -2.44. The normalized spacial score (nSPS) is 39.0. The van der Waals surface area contributed by atoms with Gasteiger partial charge in [0.25, 0.3) is 0 Å². The molecule has 0 spiro atoms. The van der Waals surface area contributed by atoms with Crippen LogP contribution >= 0.6 is 0 Å². The molecule has 3 saturated carbocycles. The van der Waals surface area contributed by atoms with Gasteiger partial charge in [0.05, 0.1) is 13.0 Å². The predicted molar refractivity (Wildman–Crippen MR) is 96.7 cm³/mol. The minimum Gasteiger partial charge on any atom is -0.469 e. The molecule has 3 aliphatic rings. The van der Waals surface area contributed by atoms with Gasteiger partial charge in [0.15, 0.2) is 0 Å². The first-order valence-electron chi connectivity index (χ1n) is 10.2. The Bertz CT molecular complexity index is 468. The summed E-state index contributed by atoms with van der Waals surface area (Å²) in [6, 6.07) is 0.206. The molecule has 0 aliphatic heterocycles. The zero-order valence-electron chi connectivity index (χ0n) is 15.5. The number of nitrogens with one attached hydrogen (secondary N) is 1. The van der Waals surface area contributed by atoms with Gasteiger partial charge in [-0.15, -0.1) is 0 Å². The Morgan fingerprint density at radius 3 is 2.20 bits per heavy atom. The van der Waals surface area contributed by atoms with Crippen LogP contribution in [0.25, 0.3) is 0 Å². The van der Waals surface area contributed by atoms with Gasteiger partial charge in [0, 0.05) is 18.0 Å². The van der Waals surface area contributed by atoms with E-state index in [0.717, 1.165) is 57.8 Å². The highest BCUT2D eigenvalue weighted by Gasteiger charge is 2.41. The first kappa shape index (κ1) is 18.7. The minimum atomic E-state index is -0.195. The number of rotatable bonds is 3. The van der Waals surface area contributed by atoms with Crippen molar-refractivity contribution in [3.63, 3.8) is 0 Å². The molecule has 1 amide bonds. The van der Waals surface area contributed by atoms with Crippen molar-refractivity contribution < 1.29 is 14.3 Å². The molecule has 142 valence electrons. The molecule has 5 nitrogen and oxygen atoms in total. The zero-order chi connectivity index (χ0) is 17.8. The van der Waals surface area contributed by atoms with Crippen LogP contribution in [0.2, 0.25) is 0 Å². The second-order valence-corrected chi connectivity index (χ2v) is 8.43. The first-order valence-corrected chi connectivity index (χ1v) is 10.2. The van der Waals surface area contributed by atoms with Crippen LogP contribution in [0.3, 0.4) is 0 Å². The molecule has 25 heavy (non-hydrogen) atoms. The van der Waals surface area contributed by atoms with Crippen LogP contribution in [-0.4, -0.2) is 31.1 Å². The Hall–Kier alpha value is -1.10. The van der Waals surface area contributed by atoms with Crippen LogP contribution in [0, 0.1) is 23.7 Å². The molecule has 3 N–H and O–H groups in total. The van der Waals surface area contributed by atoms with E-state index < -0.39 is 0 Å². The van der Waals surface area contributed by atoms with Crippen molar-refractivity contribution >= 4 is 11.9 Å². The van der Waals surface area contributed by atoms with E-state index in [1.54, 1.807) is 0 Å². The van der Waals surface area contributed by atoms with Crippen molar-refractivity contribution in [2.45, 2.75) is 82.7 Å². The fourth-order valence-corrected chi connectivity index (χ4v) is 5.39. The van der Waals surface area contributed by atoms with Crippen LogP contribution in [0.4, 0.5) is 0 Å². The smallest absolute Gasteiger partial charge is 0.310 e. The van der Waals surface area contributed by atoms with Crippen LogP contribution < -0.4 is 11.1 Å². The van der Waals surface area contributed by atoms with E-state index in [1.165, 1.54) is 20.0 Å². The fraction of sp³-hybridized carbons (Fsp3) is 0.900. The largest absolute Gasteiger partial charge is 0.469 e. The second kappa shape index (κ2) is 8.52. The van der Waals surface area contributed by atoms with Crippen LogP contribution in [0.1, 0.15) is 70.6 Å². The van der Waals surface area contributed by atoms with Gasteiger partial charge >= 0.3 is 5.97 Å². The van der Waals surface area contributed by atoms with Gasteiger partial charge in [-0.25, -0.2) is 0 Å². The highest BCUT2D eigenvalue weighted by molar-refractivity contribution is 5.80. The van der Waals surface area contributed by atoms with Crippen molar-refractivity contribution in [3.05, 3.63) is 0 Å². The van der Waals surface area contributed by atoms with E-state index in [2.05, 4.69) is 5.32 Å². The van der Waals surface area contributed by atoms with Crippen molar-refractivity contribution in [2.75, 3.05) is 7.11 Å². The van der Waals surface area contributed by atoms with Gasteiger partial charge < -0.3 is 15.8 Å². The lowest BCUT2D eigenvalue weighted by atomic mass is 9.65. The molecule has 4 unspecified atom stereocenters. The SMILES string of the molecule is COC(=O)C1CCCCCCC1NC(=O)C1CC2CCCC(C1)C2N. The molecule has 2 bridgehead atoms. The van der Waals surface area contributed by atoms with Gasteiger partial charge in [-0.1, -0.05) is 32.1 Å². The van der Waals surface area contributed by atoms with Crippen molar-refractivity contribution in [1.82, 2.24) is 5.32 Å². The van der Waals surface area contributed by atoms with Gasteiger partial charge in [0.2, 0.25) is 5.91 Å². The monoisotopic (exact) mass is 350 g/mol. The quantitative estimate of drug-likeness (QED) is 0.767. The van der Waals surface area contributed by atoms with Gasteiger partial charge in [-0.3, -0.25) is 9.59 Å². The molecule has 3 fully saturated rings. The number of nitrogens with two attached hydrogens (primary N) is 1. The number of amides is 1. The predicted octanol–water partition coefficient (Wildman–Crippen LogP) is 2.77. The molecule has 3 rings (SSSR count). The lowest BCUT2D eigenvalue weighted by molar-refractivity contribution is -0.147.